The zero-order chi connectivity index (χ0) is 9.52. The molecule has 1 unspecified atom stereocenters. The molecule has 0 aromatic carbocycles. The van der Waals surface area contributed by atoms with Crippen molar-refractivity contribution in [2.75, 3.05) is 34.0 Å². The number of unbranched alkanes of at least 4 members (excludes halogenated alkanes) is 1. The van der Waals surface area contributed by atoms with Crippen LogP contribution in [-0.2, 0) is 9.47 Å². The van der Waals surface area contributed by atoms with Crippen molar-refractivity contribution in [2.24, 2.45) is 0 Å². The Morgan fingerprint density at radius 3 is 2.77 bits per heavy atom. The Morgan fingerprint density at radius 1 is 1.31 bits per heavy atom. The summed E-state index contributed by atoms with van der Waals surface area (Å²) in [7, 11) is 4.23. The van der Waals surface area contributed by atoms with Gasteiger partial charge in [-0.05, 0) is 46.3 Å². The van der Waals surface area contributed by atoms with Crippen molar-refractivity contribution in [1.82, 2.24) is 4.90 Å². The van der Waals surface area contributed by atoms with E-state index in [-0.39, 0.29) is 0 Å². The minimum atomic E-state index is 0.455. The molecule has 0 N–H and O–H groups in total. The SMILES string of the molecule is CN(C)CCCCC1CCOCO1. The summed E-state index contributed by atoms with van der Waals surface area (Å²) in [6, 6.07) is 0. The average molecular weight is 187 g/mol. The van der Waals surface area contributed by atoms with Crippen molar-refractivity contribution in [3.63, 3.8) is 0 Å². The van der Waals surface area contributed by atoms with Crippen LogP contribution in [0.5, 0.6) is 0 Å². The van der Waals surface area contributed by atoms with Crippen LogP contribution in [0, 0.1) is 0 Å². The van der Waals surface area contributed by atoms with E-state index in [2.05, 4.69) is 19.0 Å². The summed E-state index contributed by atoms with van der Waals surface area (Å²) < 4.78 is 10.6. The zero-order valence-electron chi connectivity index (χ0n) is 8.79. The lowest BCUT2D eigenvalue weighted by molar-refractivity contribution is -0.140. The van der Waals surface area contributed by atoms with Crippen LogP contribution in [0.25, 0.3) is 0 Å². The Hall–Kier alpha value is -0.120. The molecule has 1 heterocycles. The third-order valence-corrected chi connectivity index (χ3v) is 2.35. The van der Waals surface area contributed by atoms with Gasteiger partial charge in [0, 0.05) is 0 Å². The second kappa shape index (κ2) is 6.35. The van der Waals surface area contributed by atoms with Gasteiger partial charge in [-0.15, -0.1) is 0 Å². The van der Waals surface area contributed by atoms with Gasteiger partial charge in [0.1, 0.15) is 6.79 Å². The van der Waals surface area contributed by atoms with E-state index < -0.39 is 0 Å². The standard InChI is InChI=1S/C10H21NO2/c1-11(2)7-4-3-5-10-6-8-12-9-13-10/h10H,3-9H2,1-2H3. The predicted octanol–water partition coefficient (Wildman–Crippen LogP) is 1.48. The molecule has 1 aliphatic rings. The van der Waals surface area contributed by atoms with Gasteiger partial charge in [0.2, 0.25) is 0 Å². The third-order valence-electron chi connectivity index (χ3n) is 2.35. The van der Waals surface area contributed by atoms with Gasteiger partial charge in [0.25, 0.3) is 0 Å². The van der Waals surface area contributed by atoms with Crippen molar-refractivity contribution in [1.29, 1.82) is 0 Å². The lowest BCUT2D eigenvalue weighted by Crippen LogP contribution is -2.23. The van der Waals surface area contributed by atoms with E-state index in [1.807, 2.05) is 0 Å². The molecule has 0 aromatic rings. The van der Waals surface area contributed by atoms with Gasteiger partial charge in [0.15, 0.2) is 0 Å². The van der Waals surface area contributed by atoms with Crippen LogP contribution >= 0.6 is 0 Å². The van der Waals surface area contributed by atoms with Gasteiger partial charge in [-0.3, -0.25) is 0 Å². The van der Waals surface area contributed by atoms with Crippen LogP contribution in [0.4, 0.5) is 0 Å². The Bertz CT molecular complexity index is 122. The van der Waals surface area contributed by atoms with Gasteiger partial charge in [-0.1, -0.05) is 0 Å². The quantitative estimate of drug-likeness (QED) is 0.609. The maximum atomic E-state index is 5.45. The highest BCUT2D eigenvalue weighted by atomic mass is 16.7. The molecule has 3 heteroatoms. The van der Waals surface area contributed by atoms with Crippen LogP contribution < -0.4 is 0 Å². The maximum Gasteiger partial charge on any atom is 0.147 e. The van der Waals surface area contributed by atoms with Gasteiger partial charge in [0.05, 0.1) is 12.7 Å². The molecule has 3 nitrogen and oxygen atoms in total. The molecule has 1 saturated heterocycles. The van der Waals surface area contributed by atoms with Crippen molar-refractivity contribution < 1.29 is 9.47 Å². The minimum Gasteiger partial charge on any atom is -0.355 e. The maximum absolute atomic E-state index is 5.45. The third kappa shape index (κ3) is 5.24. The molecule has 78 valence electrons. The van der Waals surface area contributed by atoms with Crippen LogP contribution in [0.15, 0.2) is 0 Å². The van der Waals surface area contributed by atoms with Gasteiger partial charge >= 0.3 is 0 Å². The fraction of sp³-hybridized carbons (Fsp3) is 1.00. The molecule has 0 bridgehead atoms. The zero-order valence-corrected chi connectivity index (χ0v) is 8.79. The second-order valence-corrected chi connectivity index (χ2v) is 3.90. The molecule has 0 saturated carbocycles. The highest BCUT2D eigenvalue weighted by molar-refractivity contribution is 4.60. The number of ether oxygens (including phenoxy) is 2. The summed E-state index contributed by atoms with van der Waals surface area (Å²) in [6.45, 7) is 2.56. The van der Waals surface area contributed by atoms with E-state index >= 15 is 0 Å². The lowest BCUT2D eigenvalue weighted by Gasteiger charge is -2.22. The van der Waals surface area contributed by atoms with E-state index in [0.717, 1.165) is 13.0 Å². The van der Waals surface area contributed by atoms with E-state index in [0.29, 0.717) is 12.9 Å². The normalized spacial score (nSPS) is 23.8. The second-order valence-electron chi connectivity index (χ2n) is 3.90. The highest BCUT2D eigenvalue weighted by Gasteiger charge is 2.12. The van der Waals surface area contributed by atoms with Crippen LogP contribution in [0.2, 0.25) is 0 Å². The minimum absolute atomic E-state index is 0.455. The van der Waals surface area contributed by atoms with Crippen molar-refractivity contribution >= 4 is 0 Å². The summed E-state index contributed by atoms with van der Waals surface area (Å²) in [6.07, 6.45) is 5.26. The van der Waals surface area contributed by atoms with Gasteiger partial charge in [-0.2, -0.15) is 0 Å². The molecular weight excluding hydrogens is 166 g/mol. The molecule has 0 aliphatic carbocycles. The molecule has 1 aliphatic heterocycles. The van der Waals surface area contributed by atoms with Gasteiger partial charge in [-0.25, -0.2) is 0 Å². The Kier molecular flexibility index (Phi) is 5.35. The number of nitrogens with zero attached hydrogens (tertiary/aromatic N) is 1. The molecule has 0 amide bonds. The summed E-state index contributed by atoms with van der Waals surface area (Å²) in [5.74, 6) is 0. The molecule has 1 atom stereocenters. The first kappa shape index (κ1) is 11.0. The summed E-state index contributed by atoms with van der Waals surface area (Å²) in [5, 5.41) is 0. The molecule has 0 aromatic heterocycles. The molecule has 13 heavy (non-hydrogen) atoms. The molecule has 1 fully saturated rings. The fourth-order valence-corrected chi connectivity index (χ4v) is 1.53. The van der Waals surface area contributed by atoms with Crippen molar-refractivity contribution in [3.8, 4) is 0 Å². The molecule has 0 spiro atoms. The van der Waals surface area contributed by atoms with Crippen LogP contribution in [0.1, 0.15) is 25.7 Å². The Labute approximate surface area is 81.0 Å². The van der Waals surface area contributed by atoms with Crippen LogP contribution in [0.3, 0.4) is 0 Å². The number of rotatable bonds is 5. The molecule has 0 radical (unpaired) electrons. The summed E-state index contributed by atoms with van der Waals surface area (Å²) in [4.78, 5) is 2.23. The fourth-order valence-electron chi connectivity index (χ4n) is 1.53. The summed E-state index contributed by atoms with van der Waals surface area (Å²) in [5.41, 5.74) is 0. The summed E-state index contributed by atoms with van der Waals surface area (Å²) >= 11 is 0. The predicted molar refractivity (Wildman–Crippen MR) is 52.7 cm³/mol. The Morgan fingerprint density at radius 2 is 2.15 bits per heavy atom. The topological polar surface area (TPSA) is 21.7 Å². The Balaban J connectivity index is 1.92. The van der Waals surface area contributed by atoms with E-state index in [1.165, 1.54) is 25.8 Å². The van der Waals surface area contributed by atoms with E-state index in [1.54, 1.807) is 0 Å². The van der Waals surface area contributed by atoms with E-state index in [9.17, 15) is 0 Å². The first-order valence-corrected chi connectivity index (χ1v) is 5.13. The smallest absolute Gasteiger partial charge is 0.147 e. The van der Waals surface area contributed by atoms with Crippen molar-refractivity contribution in [2.45, 2.75) is 31.8 Å². The highest BCUT2D eigenvalue weighted by Crippen LogP contribution is 2.12. The first-order chi connectivity index (χ1) is 6.29. The molecule has 1 rings (SSSR count). The number of hydrogen-bond acceptors (Lipinski definition) is 3. The largest absolute Gasteiger partial charge is 0.355 e. The lowest BCUT2D eigenvalue weighted by atomic mass is 10.1. The van der Waals surface area contributed by atoms with Crippen molar-refractivity contribution in [3.05, 3.63) is 0 Å². The number of hydrogen-bond donors (Lipinski definition) is 0. The average Bonchev–Trinajstić information content (AvgIpc) is 2.14. The first-order valence-electron chi connectivity index (χ1n) is 5.13. The van der Waals surface area contributed by atoms with Crippen LogP contribution in [-0.4, -0.2) is 45.0 Å². The molecular formula is C10H21NO2. The van der Waals surface area contributed by atoms with Gasteiger partial charge < -0.3 is 14.4 Å². The monoisotopic (exact) mass is 187 g/mol. The van der Waals surface area contributed by atoms with E-state index in [4.69, 9.17) is 9.47 Å².